The third kappa shape index (κ3) is 8.13. The molecule has 1 fully saturated rings. The van der Waals surface area contributed by atoms with Gasteiger partial charge in [-0.15, -0.1) is 0 Å². The van der Waals surface area contributed by atoms with Crippen molar-refractivity contribution in [3.63, 3.8) is 0 Å². The maximum absolute atomic E-state index is 12.8. The number of H-pyrrole nitrogens is 1. The highest BCUT2D eigenvalue weighted by Gasteiger charge is 2.51. The van der Waals surface area contributed by atoms with Crippen LogP contribution >= 0.6 is 7.82 Å². The first-order chi connectivity index (χ1) is 15.0. The summed E-state index contributed by atoms with van der Waals surface area (Å²) in [6, 6.07) is 0. The average Bonchev–Trinajstić information content (AvgIpc) is 2.91. The SMILES string of the molecule is COCCO[C@@H]1[C@H](OP(=O)(O)OC(C)(C)C)[C@@H](CC(C)(C)C)O[C@H]1n1cc(C)c(=O)[nH]c1=O. The molecule has 0 radical (unpaired) electrons. The highest BCUT2D eigenvalue weighted by Crippen LogP contribution is 2.52. The fourth-order valence-electron chi connectivity index (χ4n) is 3.57. The van der Waals surface area contributed by atoms with Crippen LogP contribution in [0.15, 0.2) is 15.8 Å². The van der Waals surface area contributed by atoms with Crippen molar-refractivity contribution >= 4 is 7.82 Å². The van der Waals surface area contributed by atoms with E-state index in [1.54, 1.807) is 27.7 Å². The largest absolute Gasteiger partial charge is 0.473 e. The van der Waals surface area contributed by atoms with Gasteiger partial charge >= 0.3 is 13.5 Å². The van der Waals surface area contributed by atoms with E-state index in [9.17, 15) is 19.0 Å². The highest BCUT2D eigenvalue weighted by atomic mass is 31.2. The number of nitrogens with zero attached hydrogens (tertiary/aromatic N) is 1. The quantitative estimate of drug-likeness (QED) is 0.393. The van der Waals surface area contributed by atoms with Crippen molar-refractivity contribution in [3.8, 4) is 0 Å². The Morgan fingerprint density at radius 1 is 1.15 bits per heavy atom. The molecule has 0 bridgehead atoms. The highest BCUT2D eigenvalue weighted by molar-refractivity contribution is 7.47. The summed E-state index contributed by atoms with van der Waals surface area (Å²) in [6.07, 6.45) is -1.91. The molecule has 1 saturated heterocycles. The molecule has 33 heavy (non-hydrogen) atoms. The van der Waals surface area contributed by atoms with Gasteiger partial charge in [-0.25, -0.2) is 9.36 Å². The van der Waals surface area contributed by atoms with E-state index in [1.807, 2.05) is 20.8 Å². The van der Waals surface area contributed by atoms with Gasteiger partial charge in [-0.2, -0.15) is 0 Å². The second-order valence-corrected chi connectivity index (χ2v) is 11.7. The summed E-state index contributed by atoms with van der Waals surface area (Å²) in [5.41, 5.74) is -2.08. The van der Waals surface area contributed by atoms with Crippen LogP contribution in [0.5, 0.6) is 0 Å². The predicted molar refractivity (Wildman–Crippen MR) is 121 cm³/mol. The number of rotatable bonds is 9. The van der Waals surface area contributed by atoms with Crippen LogP contribution in [-0.4, -0.2) is 58.7 Å². The Balaban J connectivity index is 2.51. The lowest BCUT2D eigenvalue weighted by Crippen LogP contribution is -2.41. The maximum Gasteiger partial charge on any atom is 0.473 e. The summed E-state index contributed by atoms with van der Waals surface area (Å²) in [4.78, 5) is 37.2. The maximum atomic E-state index is 12.8. The van der Waals surface area contributed by atoms with Gasteiger partial charge in [0.1, 0.15) is 12.2 Å². The van der Waals surface area contributed by atoms with E-state index in [0.29, 0.717) is 12.0 Å². The monoisotopic (exact) mass is 492 g/mol. The zero-order chi connectivity index (χ0) is 25.2. The molecule has 0 saturated carbocycles. The molecule has 2 rings (SSSR count). The van der Waals surface area contributed by atoms with Crippen molar-refractivity contribution in [2.45, 2.75) is 85.0 Å². The van der Waals surface area contributed by atoms with Crippen LogP contribution < -0.4 is 11.2 Å². The number of methoxy groups -OCH3 is 1. The molecular formula is C21H37N2O9P. The Morgan fingerprint density at radius 2 is 1.79 bits per heavy atom. The minimum Gasteiger partial charge on any atom is -0.382 e. The van der Waals surface area contributed by atoms with Crippen LogP contribution in [0.2, 0.25) is 0 Å². The van der Waals surface area contributed by atoms with Crippen LogP contribution in [0.4, 0.5) is 0 Å². The molecule has 12 heteroatoms. The Bertz CT molecular complexity index is 960. The number of phosphoric ester groups is 1. The average molecular weight is 493 g/mol. The van der Waals surface area contributed by atoms with E-state index >= 15 is 0 Å². The molecule has 1 aromatic rings. The standard InChI is InChI=1S/C21H37N2O9P/c1-13-12-23(19(25)22-17(13)24)18-16(29-10-9-28-8)15(14(30-18)11-20(2,3)4)31-33(26,27)32-21(5,6)7/h12,14-16,18H,9-11H2,1-8H3,(H,26,27)(H,22,24,25)/t14-,15-,16-,18-/m1/s1. The molecule has 1 aliphatic rings. The summed E-state index contributed by atoms with van der Waals surface area (Å²) in [7, 11) is -3.02. The fourth-order valence-corrected chi connectivity index (χ4v) is 4.87. The van der Waals surface area contributed by atoms with E-state index in [0.717, 1.165) is 0 Å². The van der Waals surface area contributed by atoms with Gasteiger partial charge < -0.3 is 19.1 Å². The zero-order valence-electron chi connectivity index (χ0n) is 20.6. The normalized spacial score (nSPS) is 25.8. The van der Waals surface area contributed by atoms with Gasteiger partial charge in [0.25, 0.3) is 5.56 Å². The number of aromatic amines is 1. The van der Waals surface area contributed by atoms with Gasteiger partial charge in [0, 0.05) is 18.9 Å². The number of aryl methyl sites for hydroxylation is 1. The first-order valence-electron chi connectivity index (χ1n) is 10.8. The van der Waals surface area contributed by atoms with Crippen molar-refractivity contribution in [1.29, 1.82) is 0 Å². The number of nitrogens with one attached hydrogen (secondary N) is 1. The molecule has 0 aliphatic carbocycles. The first kappa shape index (κ1) is 27.9. The van der Waals surface area contributed by atoms with Gasteiger partial charge in [0.15, 0.2) is 6.23 Å². The van der Waals surface area contributed by atoms with Gasteiger partial charge in [0.05, 0.1) is 24.9 Å². The van der Waals surface area contributed by atoms with Crippen molar-refractivity contribution in [1.82, 2.24) is 9.55 Å². The predicted octanol–water partition coefficient (Wildman–Crippen LogP) is 2.51. The van der Waals surface area contributed by atoms with E-state index < -0.39 is 49.2 Å². The van der Waals surface area contributed by atoms with Gasteiger partial charge in [-0.05, 0) is 39.5 Å². The first-order valence-corrected chi connectivity index (χ1v) is 12.3. The summed E-state index contributed by atoms with van der Waals surface area (Å²) < 4.78 is 42.2. The van der Waals surface area contributed by atoms with Crippen molar-refractivity contribution in [2.75, 3.05) is 20.3 Å². The number of ether oxygens (including phenoxy) is 3. The van der Waals surface area contributed by atoms with Gasteiger partial charge in [0.2, 0.25) is 0 Å². The second kappa shape index (κ2) is 10.5. The number of hydrogen-bond acceptors (Lipinski definition) is 8. The summed E-state index contributed by atoms with van der Waals surface area (Å²) in [5, 5.41) is 0. The second-order valence-electron chi connectivity index (χ2n) is 10.4. The Hall–Kier alpha value is -1.33. The van der Waals surface area contributed by atoms with Gasteiger partial charge in [-0.1, -0.05) is 20.8 Å². The van der Waals surface area contributed by atoms with Gasteiger partial charge in [-0.3, -0.25) is 23.4 Å². The van der Waals surface area contributed by atoms with Crippen LogP contribution in [0.25, 0.3) is 0 Å². The molecule has 190 valence electrons. The molecule has 0 aromatic carbocycles. The number of hydrogen-bond donors (Lipinski definition) is 2. The van der Waals surface area contributed by atoms with Crippen molar-refractivity contribution in [3.05, 3.63) is 32.6 Å². The molecule has 11 nitrogen and oxygen atoms in total. The van der Waals surface area contributed by atoms with Crippen LogP contribution in [-0.2, 0) is 27.8 Å². The summed E-state index contributed by atoms with van der Waals surface area (Å²) in [5.74, 6) is 0. The van der Waals surface area contributed by atoms with E-state index in [1.165, 1.54) is 17.9 Å². The minimum atomic E-state index is -4.53. The summed E-state index contributed by atoms with van der Waals surface area (Å²) >= 11 is 0. The molecule has 2 N–H and O–H groups in total. The Kier molecular flexibility index (Phi) is 8.89. The molecule has 1 aromatic heterocycles. The molecule has 0 spiro atoms. The lowest BCUT2D eigenvalue weighted by molar-refractivity contribution is -0.0817. The molecule has 1 unspecified atom stereocenters. The topological polar surface area (TPSA) is 138 Å². The lowest BCUT2D eigenvalue weighted by Gasteiger charge is -2.31. The Labute approximate surface area is 194 Å². The third-order valence-electron chi connectivity index (χ3n) is 4.76. The minimum absolute atomic E-state index is 0.121. The molecule has 1 aliphatic heterocycles. The molecular weight excluding hydrogens is 455 g/mol. The van der Waals surface area contributed by atoms with Crippen LogP contribution in [0.1, 0.15) is 59.8 Å². The van der Waals surface area contributed by atoms with E-state index in [4.69, 9.17) is 23.3 Å². The number of phosphoric acid groups is 1. The van der Waals surface area contributed by atoms with Crippen molar-refractivity contribution in [2.24, 2.45) is 5.41 Å². The van der Waals surface area contributed by atoms with E-state index in [2.05, 4.69) is 4.98 Å². The van der Waals surface area contributed by atoms with E-state index in [-0.39, 0.29) is 18.6 Å². The summed E-state index contributed by atoms with van der Waals surface area (Å²) in [6.45, 7) is 12.8. The number of aromatic nitrogens is 2. The third-order valence-corrected chi connectivity index (χ3v) is 6.05. The van der Waals surface area contributed by atoms with Crippen LogP contribution in [0.3, 0.4) is 0 Å². The fraction of sp³-hybridized carbons (Fsp3) is 0.810. The zero-order valence-corrected chi connectivity index (χ0v) is 21.5. The molecule has 0 amide bonds. The lowest BCUT2D eigenvalue weighted by atomic mass is 9.87. The smallest absolute Gasteiger partial charge is 0.382 e. The Morgan fingerprint density at radius 3 is 2.33 bits per heavy atom. The molecule has 5 atom stereocenters. The molecule has 2 heterocycles. The van der Waals surface area contributed by atoms with Crippen molar-refractivity contribution < 1.29 is 32.7 Å². The van der Waals surface area contributed by atoms with Crippen LogP contribution in [0, 0.1) is 12.3 Å².